The normalized spacial score (nSPS) is 17.4. The van der Waals surface area contributed by atoms with E-state index in [0.717, 1.165) is 48.6 Å². The SMILES string of the molecule is Cc1cc(C(=O)Nc2nnc3n2CCCC3)c(C)n1C1CC1. The highest BCUT2D eigenvalue weighted by atomic mass is 16.1. The molecule has 1 aliphatic carbocycles. The van der Waals surface area contributed by atoms with Crippen LogP contribution in [0.1, 0.15) is 59.3 Å². The van der Waals surface area contributed by atoms with Gasteiger partial charge >= 0.3 is 0 Å². The first kappa shape index (κ1) is 13.5. The van der Waals surface area contributed by atoms with E-state index < -0.39 is 0 Å². The van der Waals surface area contributed by atoms with E-state index in [-0.39, 0.29) is 5.91 Å². The molecule has 0 bridgehead atoms. The molecule has 2 aromatic heterocycles. The number of carbonyl (C=O) groups is 1. The molecule has 1 aliphatic heterocycles. The minimum absolute atomic E-state index is 0.0826. The number of aryl methyl sites for hydroxylation is 2. The highest BCUT2D eigenvalue weighted by Gasteiger charge is 2.28. The molecule has 6 nitrogen and oxygen atoms in total. The van der Waals surface area contributed by atoms with Crippen molar-refractivity contribution in [3.05, 3.63) is 28.8 Å². The van der Waals surface area contributed by atoms with E-state index in [9.17, 15) is 4.79 Å². The number of rotatable bonds is 3. The van der Waals surface area contributed by atoms with Crippen LogP contribution in [-0.4, -0.2) is 25.2 Å². The van der Waals surface area contributed by atoms with Crippen molar-refractivity contribution in [2.24, 2.45) is 0 Å². The van der Waals surface area contributed by atoms with Crippen molar-refractivity contribution < 1.29 is 4.79 Å². The van der Waals surface area contributed by atoms with Crippen LogP contribution in [0, 0.1) is 13.8 Å². The lowest BCUT2D eigenvalue weighted by molar-refractivity contribution is 0.102. The zero-order valence-corrected chi connectivity index (χ0v) is 13.1. The van der Waals surface area contributed by atoms with E-state index in [2.05, 4.69) is 27.0 Å². The molecule has 2 aliphatic rings. The molecule has 0 spiro atoms. The average molecular weight is 299 g/mol. The summed E-state index contributed by atoms with van der Waals surface area (Å²) in [5.74, 6) is 1.47. The van der Waals surface area contributed by atoms with E-state index >= 15 is 0 Å². The Morgan fingerprint density at radius 2 is 2.09 bits per heavy atom. The van der Waals surface area contributed by atoms with Crippen molar-refractivity contribution in [1.29, 1.82) is 0 Å². The molecule has 0 saturated heterocycles. The molecule has 1 amide bonds. The minimum Gasteiger partial charge on any atom is -0.345 e. The predicted molar refractivity (Wildman–Crippen MR) is 83.1 cm³/mol. The van der Waals surface area contributed by atoms with Crippen LogP contribution < -0.4 is 5.32 Å². The lowest BCUT2D eigenvalue weighted by Gasteiger charge is -2.14. The lowest BCUT2D eigenvalue weighted by atomic mass is 10.2. The van der Waals surface area contributed by atoms with Crippen molar-refractivity contribution in [3.63, 3.8) is 0 Å². The summed E-state index contributed by atoms with van der Waals surface area (Å²) in [6, 6.07) is 2.57. The van der Waals surface area contributed by atoms with Gasteiger partial charge in [-0.2, -0.15) is 0 Å². The summed E-state index contributed by atoms with van der Waals surface area (Å²) in [4.78, 5) is 12.6. The summed E-state index contributed by atoms with van der Waals surface area (Å²) in [5.41, 5.74) is 2.96. The fourth-order valence-corrected chi connectivity index (χ4v) is 3.47. The number of fused-ring (bicyclic) bond motifs is 1. The van der Waals surface area contributed by atoms with Crippen molar-refractivity contribution in [1.82, 2.24) is 19.3 Å². The Balaban J connectivity index is 1.60. The van der Waals surface area contributed by atoms with Gasteiger partial charge < -0.3 is 4.57 Å². The third kappa shape index (κ3) is 2.14. The smallest absolute Gasteiger partial charge is 0.259 e. The molecular formula is C16H21N5O. The predicted octanol–water partition coefficient (Wildman–Crippen LogP) is 2.62. The minimum atomic E-state index is -0.0826. The first-order valence-corrected chi connectivity index (χ1v) is 8.07. The number of nitrogens with zero attached hydrogens (tertiary/aromatic N) is 4. The largest absolute Gasteiger partial charge is 0.345 e. The number of hydrogen-bond donors (Lipinski definition) is 1. The van der Waals surface area contributed by atoms with Crippen LogP contribution >= 0.6 is 0 Å². The number of nitrogens with one attached hydrogen (secondary N) is 1. The summed E-state index contributed by atoms with van der Waals surface area (Å²) < 4.78 is 4.32. The highest BCUT2D eigenvalue weighted by Crippen LogP contribution is 2.38. The van der Waals surface area contributed by atoms with Crippen molar-refractivity contribution in [2.75, 3.05) is 5.32 Å². The van der Waals surface area contributed by atoms with Gasteiger partial charge in [0.2, 0.25) is 5.95 Å². The Labute approximate surface area is 129 Å². The second-order valence-corrected chi connectivity index (χ2v) is 6.39. The monoisotopic (exact) mass is 299 g/mol. The zero-order valence-electron chi connectivity index (χ0n) is 13.1. The molecule has 4 rings (SSSR count). The summed E-state index contributed by atoms with van der Waals surface area (Å²) in [5, 5.41) is 11.3. The van der Waals surface area contributed by atoms with E-state index in [0.29, 0.717) is 12.0 Å². The summed E-state index contributed by atoms with van der Waals surface area (Å²) >= 11 is 0. The van der Waals surface area contributed by atoms with E-state index in [1.165, 1.54) is 12.8 Å². The van der Waals surface area contributed by atoms with Crippen LogP contribution in [0.15, 0.2) is 6.07 Å². The van der Waals surface area contributed by atoms with E-state index in [4.69, 9.17) is 0 Å². The maximum Gasteiger partial charge on any atom is 0.259 e. The second-order valence-electron chi connectivity index (χ2n) is 6.39. The highest BCUT2D eigenvalue weighted by molar-refractivity contribution is 6.04. The molecule has 1 saturated carbocycles. The van der Waals surface area contributed by atoms with Crippen LogP contribution in [0.5, 0.6) is 0 Å². The molecule has 3 heterocycles. The molecule has 2 aromatic rings. The number of anilines is 1. The Morgan fingerprint density at radius 1 is 1.27 bits per heavy atom. The molecular weight excluding hydrogens is 278 g/mol. The summed E-state index contributed by atoms with van der Waals surface area (Å²) in [7, 11) is 0. The molecule has 0 atom stereocenters. The van der Waals surface area contributed by atoms with Crippen LogP contribution in [0.3, 0.4) is 0 Å². The van der Waals surface area contributed by atoms with Gasteiger partial charge in [-0.05, 0) is 45.6 Å². The Bertz CT molecular complexity index is 738. The molecule has 0 aromatic carbocycles. The number of hydrogen-bond acceptors (Lipinski definition) is 3. The first-order chi connectivity index (χ1) is 10.6. The van der Waals surface area contributed by atoms with Gasteiger partial charge in [-0.25, -0.2) is 0 Å². The van der Waals surface area contributed by atoms with E-state index in [1.54, 1.807) is 0 Å². The van der Waals surface area contributed by atoms with Gasteiger partial charge in [0.15, 0.2) is 0 Å². The third-order valence-corrected chi connectivity index (χ3v) is 4.73. The quantitative estimate of drug-likeness (QED) is 0.947. The van der Waals surface area contributed by atoms with Gasteiger partial charge in [0, 0.05) is 30.4 Å². The molecule has 6 heteroatoms. The van der Waals surface area contributed by atoms with E-state index in [1.807, 2.05) is 17.6 Å². The van der Waals surface area contributed by atoms with Gasteiger partial charge in [-0.3, -0.25) is 14.7 Å². The molecule has 116 valence electrons. The maximum absolute atomic E-state index is 12.6. The summed E-state index contributed by atoms with van der Waals surface area (Å²) in [6.07, 6.45) is 5.64. The fraction of sp³-hybridized carbons (Fsp3) is 0.562. The van der Waals surface area contributed by atoms with Gasteiger partial charge in [0.05, 0.1) is 5.56 Å². The number of carbonyl (C=O) groups excluding carboxylic acids is 1. The summed E-state index contributed by atoms with van der Waals surface area (Å²) in [6.45, 7) is 4.99. The van der Waals surface area contributed by atoms with Gasteiger partial charge in [0.1, 0.15) is 5.82 Å². The topological polar surface area (TPSA) is 64.7 Å². The Kier molecular flexibility index (Phi) is 3.06. The number of aromatic nitrogens is 4. The first-order valence-electron chi connectivity index (χ1n) is 8.07. The molecule has 0 radical (unpaired) electrons. The lowest BCUT2D eigenvalue weighted by Crippen LogP contribution is -2.19. The second kappa shape index (κ2) is 4.97. The van der Waals surface area contributed by atoms with Crippen LogP contribution in [0.4, 0.5) is 5.95 Å². The molecule has 0 unspecified atom stereocenters. The Hall–Kier alpha value is -2.11. The molecule has 1 fully saturated rings. The van der Waals surface area contributed by atoms with Crippen LogP contribution in [0.25, 0.3) is 0 Å². The zero-order chi connectivity index (χ0) is 15.3. The fourth-order valence-electron chi connectivity index (χ4n) is 3.47. The van der Waals surface area contributed by atoms with Crippen LogP contribution in [0.2, 0.25) is 0 Å². The van der Waals surface area contributed by atoms with Gasteiger partial charge in [0.25, 0.3) is 5.91 Å². The van der Waals surface area contributed by atoms with Crippen molar-refractivity contribution in [3.8, 4) is 0 Å². The third-order valence-electron chi connectivity index (χ3n) is 4.73. The van der Waals surface area contributed by atoms with Crippen LogP contribution in [-0.2, 0) is 13.0 Å². The maximum atomic E-state index is 12.6. The Morgan fingerprint density at radius 3 is 2.86 bits per heavy atom. The van der Waals surface area contributed by atoms with Crippen molar-refractivity contribution in [2.45, 2.75) is 58.5 Å². The standard InChI is InChI=1S/C16H21N5O/c1-10-9-13(11(2)21(10)12-6-7-12)15(22)17-16-19-18-14-5-3-4-8-20(14)16/h9,12H,3-8H2,1-2H3,(H,17,19,22). The molecule has 22 heavy (non-hydrogen) atoms. The number of amides is 1. The van der Waals surface area contributed by atoms with Gasteiger partial charge in [-0.15, -0.1) is 10.2 Å². The average Bonchev–Trinajstić information content (AvgIpc) is 3.19. The van der Waals surface area contributed by atoms with Gasteiger partial charge in [-0.1, -0.05) is 0 Å². The molecule has 1 N–H and O–H groups in total. The van der Waals surface area contributed by atoms with Crippen molar-refractivity contribution >= 4 is 11.9 Å².